The van der Waals surface area contributed by atoms with E-state index in [0.29, 0.717) is 17.3 Å². The minimum absolute atomic E-state index is 0.339. The standard InChI is InChI=1S/C13H12BrFN2O/c1-8-5-6-16-13(12(8)14)17-10-4-3-9(15)7-11(10)18-2/h3-7H,1-2H3,(H,16,17). The Morgan fingerprint density at radius 3 is 2.83 bits per heavy atom. The van der Waals surface area contributed by atoms with Gasteiger partial charge in [-0.25, -0.2) is 9.37 Å². The average Bonchev–Trinajstić information content (AvgIpc) is 2.37. The van der Waals surface area contributed by atoms with Gasteiger partial charge < -0.3 is 10.1 Å². The lowest BCUT2D eigenvalue weighted by atomic mass is 10.2. The summed E-state index contributed by atoms with van der Waals surface area (Å²) in [6.07, 6.45) is 1.71. The molecular weight excluding hydrogens is 299 g/mol. The second-order valence-corrected chi connectivity index (χ2v) is 4.55. The van der Waals surface area contributed by atoms with Crippen LogP contribution >= 0.6 is 15.9 Å². The summed E-state index contributed by atoms with van der Waals surface area (Å²) >= 11 is 3.46. The number of halogens is 2. The highest BCUT2D eigenvalue weighted by molar-refractivity contribution is 9.10. The van der Waals surface area contributed by atoms with Crippen LogP contribution in [0.2, 0.25) is 0 Å². The van der Waals surface area contributed by atoms with Crippen molar-refractivity contribution in [2.24, 2.45) is 0 Å². The Labute approximate surface area is 113 Å². The van der Waals surface area contributed by atoms with Crippen molar-refractivity contribution in [2.75, 3.05) is 12.4 Å². The van der Waals surface area contributed by atoms with E-state index < -0.39 is 0 Å². The molecule has 0 atom stereocenters. The highest BCUT2D eigenvalue weighted by Crippen LogP contribution is 2.31. The van der Waals surface area contributed by atoms with Gasteiger partial charge in [0.2, 0.25) is 0 Å². The number of anilines is 2. The van der Waals surface area contributed by atoms with E-state index in [1.807, 2.05) is 13.0 Å². The minimum atomic E-state index is -0.339. The van der Waals surface area contributed by atoms with Gasteiger partial charge in [0.25, 0.3) is 0 Å². The second-order valence-electron chi connectivity index (χ2n) is 3.76. The van der Waals surface area contributed by atoms with E-state index in [9.17, 15) is 4.39 Å². The molecule has 0 amide bonds. The van der Waals surface area contributed by atoms with Crippen molar-refractivity contribution in [2.45, 2.75) is 6.92 Å². The quantitative estimate of drug-likeness (QED) is 0.929. The Balaban J connectivity index is 2.37. The molecule has 18 heavy (non-hydrogen) atoms. The van der Waals surface area contributed by atoms with Gasteiger partial charge in [-0.15, -0.1) is 0 Å². The SMILES string of the molecule is COc1cc(F)ccc1Nc1nccc(C)c1Br. The smallest absolute Gasteiger partial charge is 0.145 e. The van der Waals surface area contributed by atoms with E-state index in [2.05, 4.69) is 26.2 Å². The molecule has 0 bridgehead atoms. The first kappa shape index (κ1) is 12.8. The van der Waals surface area contributed by atoms with Crippen LogP contribution < -0.4 is 10.1 Å². The summed E-state index contributed by atoms with van der Waals surface area (Å²) in [6.45, 7) is 1.97. The molecular formula is C13H12BrFN2O. The predicted molar refractivity (Wildman–Crippen MR) is 72.9 cm³/mol. The van der Waals surface area contributed by atoms with Gasteiger partial charge in [-0.05, 0) is 46.6 Å². The summed E-state index contributed by atoms with van der Waals surface area (Å²) in [5, 5.41) is 3.11. The summed E-state index contributed by atoms with van der Waals surface area (Å²) < 4.78 is 19.1. The molecule has 2 aromatic rings. The Morgan fingerprint density at radius 2 is 2.11 bits per heavy atom. The molecule has 0 saturated heterocycles. The van der Waals surface area contributed by atoms with Crippen molar-refractivity contribution in [1.29, 1.82) is 0 Å². The Morgan fingerprint density at radius 1 is 1.33 bits per heavy atom. The Bertz CT molecular complexity index is 575. The highest BCUT2D eigenvalue weighted by Gasteiger charge is 2.08. The largest absolute Gasteiger partial charge is 0.494 e. The van der Waals surface area contributed by atoms with Crippen LogP contribution in [0.3, 0.4) is 0 Å². The van der Waals surface area contributed by atoms with E-state index in [4.69, 9.17) is 4.74 Å². The lowest BCUT2D eigenvalue weighted by molar-refractivity contribution is 0.413. The lowest BCUT2D eigenvalue weighted by Gasteiger charge is -2.12. The van der Waals surface area contributed by atoms with Crippen molar-refractivity contribution in [1.82, 2.24) is 4.98 Å². The first-order valence-electron chi connectivity index (χ1n) is 5.33. The molecule has 2 rings (SSSR count). The van der Waals surface area contributed by atoms with Crippen molar-refractivity contribution in [3.8, 4) is 5.75 Å². The minimum Gasteiger partial charge on any atom is -0.494 e. The highest BCUT2D eigenvalue weighted by atomic mass is 79.9. The third kappa shape index (κ3) is 2.61. The Kier molecular flexibility index (Phi) is 3.81. The van der Waals surface area contributed by atoms with Crippen molar-refractivity contribution in [3.05, 3.63) is 46.3 Å². The lowest BCUT2D eigenvalue weighted by Crippen LogP contribution is -1.98. The molecule has 3 nitrogen and oxygen atoms in total. The molecule has 0 spiro atoms. The first-order chi connectivity index (χ1) is 8.61. The molecule has 5 heteroatoms. The molecule has 94 valence electrons. The monoisotopic (exact) mass is 310 g/mol. The van der Waals surface area contributed by atoms with Crippen LogP contribution in [0.5, 0.6) is 5.75 Å². The van der Waals surface area contributed by atoms with Crippen molar-refractivity contribution >= 4 is 27.4 Å². The number of hydrogen-bond donors (Lipinski definition) is 1. The van der Waals surface area contributed by atoms with Gasteiger partial charge >= 0.3 is 0 Å². The van der Waals surface area contributed by atoms with Crippen molar-refractivity contribution < 1.29 is 9.13 Å². The zero-order valence-corrected chi connectivity index (χ0v) is 11.6. The van der Waals surface area contributed by atoms with Crippen LogP contribution in [0.4, 0.5) is 15.9 Å². The fourth-order valence-corrected chi connectivity index (χ4v) is 1.86. The van der Waals surface area contributed by atoms with Crippen LogP contribution in [0.1, 0.15) is 5.56 Å². The molecule has 0 aliphatic rings. The summed E-state index contributed by atoms with van der Waals surface area (Å²) in [5.41, 5.74) is 1.73. The number of pyridine rings is 1. The maximum absolute atomic E-state index is 13.1. The van der Waals surface area contributed by atoms with Crippen LogP contribution in [0.15, 0.2) is 34.9 Å². The van der Waals surface area contributed by atoms with E-state index in [1.54, 1.807) is 12.3 Å². The zero-order chi connectivity index (χ0) is 13.1. The van der Waals surface area contributed by atoms with Crippen LogP contribution in [0, 0.1) is 12.7 Å². The van der Waals surface area contributed by atoms with E-state index >= 15 is 0 Å². The van der Waals surface area contributed by atoms with Crippen LogP contribution in [-0.2, 0) is 0 Å². The number of nitrogens with one attached hydrogen (secondary N) is 1. The van der Waals surface area contributed by atoms with Gasteiger partial charge in [-0.1, -0.05) is 0 Å². The molecule has 0 aliphatic heterocycles. The number of aryl methyl sites for hydroxylation is 1. The fraction of sp³-hybridized carbons (Fsp3) is 0.154. The molecule has 0 aliphatic carbocycles. The molecule has 1 heterocycles. The molecule has 1 aromatic heterocycles. The summed E-state index contributed by atoms with van der Waals surface area (Å²) in [6, 6.07) is 6.21. The van der Waals surface area contributed by atoms with Gasteiger partial charge in [0.1, 0.15) is 17.4 Å². The van der Waals surface area contributed by atoms with Gasteiger partial charge in [0.05, 0.1) is 17.3 Å². The number of rotatable bonds is 3. The maximum Gasteiger partial charge on any atom is 0.145 e. The fourth-order valence-electron chi connectivity index (χ4n) is 1.52. The van der Waals surface area contributed by atoms with E-state index in [1.165, 1.54) is 19.2 Å². The third-order valence-electron chi connectivity index (χ3n) is 2.50. The van der Waals surface area contributed by atoms with Crippen LogP contribution in [-0.4, -0.2) is 12.1 Å². The number of hydrogen-bond acceptors (Lipinski definition) is 3. The summed E-state index contributed by atoms with van der Waals surface area (Å²) in [4.78, 5) is 4.22. The Hall–Kier alpha value is -1.62. The van der Waals surface area contributed by atoms with E-state index in [-0.39, 0.29) is 5.82 Å². The van der Waals surface area contributed by atoms with Crippen LogP contribution in [0.25, 0.3) is 0 Å². The van der Waals surface area contributed by atoms with E-state index in [0.717, 1.165) is 10.0 Å². The molecule has 0 saturated carbocycles. The maximum atomic E-state index is 13.1. The molecule has 0 radical (unpaired) electrons. The topological polar surface area (TPSA) is 34.1 Å². The number of ether oxygens (including phenoxy) is 1. The predicted octanol–water partition coefficient (Wildman–Crippen LogP) is 4.04. The number of methoxy groups -OCH3 is 1. The molecule has 0 fully saturated rings. The summed E-state index contributed by atoms with van der Waals surface area (Å²) in [7, 11) is 1.50. The molecule has 0 unspecified atom stereocenters. The van der Waals surface area contributed by atoms with Gasteiger partial charge in [0, 0.05) is 12.3 Å². The van der Waals surface area contributed by atoms with Gasteiger partial charge in [-0.2, -0.15) is 0 Å². The zero-order valence-electron chi connectivity index (χ0n) is 10.00. The second kappa shape index (κ2) is 5.35. The van der Waals surface area contributed by atoms with Gasteiger partial charge in [-0.3, -0.25) is 0 Å². The average molecular weight is 311 g/mol. The number of benzene rings is 1. The number of aromatic nitrogens is 1. The van der Waals surface area contributed by atoms with Gasteiger partial charge in [0.15, 0.2) is 0 Å². The number of nitrogens with zero attached hydrogens (tertiary/aromatic N) is 1. The normalized spacial score (nSPS) is 10.2. The first-order valence-corrected chi connectivity index (χ1v) is 6.13. The van der Waals surface area contributed by atoms with Crippen molar-refractivity contribution in [3.63, 3.8) is 0 Å². The molecule has 1 aromatic carbocycles. The third-order valence-corrected chi connectivity index (χ3v) is 3.50. The molecule has 1 N–H and O–H groups in total. The summed E-state index contributed by atoms with van der Waals surface area (Å²) in [5.74, 6) is 0.763.